The van der Waals surface area contributed by atoms with Gasteiger partial charge in [0.1, 0.15) is 6.04 Å². The van der Waals surface area contributed by atoms with Crippen molar-refractivity contribution in [1.82, 2.24) is 13.8 Å². The van der Waals surface area contributed by atoms with Crippen LogP contribution in [0.25, 0.3) is 10.9 Å². The number of carbonyl (C=O) groups is 1. The summed E-state index contributed by atoms with van der Waals surface area (Å²) in [6.07, 6.45) is 5.51. The van der Waals surface area contributed by atoms with Crippen LogP contribution in [0.15, 0.2) is 30.5 Å². The Morgan fingerprint density at radius 3 is 2.81 bits per heavy atom. The van der Waals surface area contributed by atoms with Crippen LogP contribution in [0.1, 0.15) is 24.8 Å². The largest absolute Gasteiger partial charge is 0.464 e. The van der Waals surface area contributed by atoms with Crippen LogP contribution >= 0.6 is 23.6 Å². The van der Waals surface area contributed by atoms with Gasteiger partial charge in [-0.25, -0.2) is 9.25 Å². The smallest absolute Gasteiger partial charge is 0.324 e. The molecule has 1 aliphatic rings. The molecule has 5 nitrogen and oxygen atoms in total. The molecule has 1 aromatic carbocycles. The molecule has 1 N–H and O–H groups in total. The molecule has 0 aliphatic carbocycles. The first-order valence-electron chi connectivity index (χ1n) is 9.05. The Bertz CT molecular complexity index is 741. The monoisotopic (exact) mass is 397 g/mol. The van der Waals surface area contributed by atoms with E-state index in [2.05, 4.69) is 21.5 Å². The average Bonchev–Trinajstić information content (AvgIpc) is 2.97. The molecule has 1 atom stereocenters. The molecule has 7 heteroatoms. The predicted molar refractivity (Wildman–Crippen MR) is 105 cm³/mol. The van der Waals surface area contributed by atoms with Crippen molar-refractivity contribution in [2.24, 2.45) is 13.0 Å². The lowest BCUT2D eigenvalue weighted by Gasteiger charge is -2.26. The number of para-hydroxylation sites is 1. The van der Waals surface area contributed by atoms with Crippen LogP contribution in [0.2, 0.25) is 0 Å². The summed E-state index contributed by atoms with van der Waals surface area (Å²) in [5.74, 6) is 0.265. The van der Waals surface area contributed by atoms with E-state index in [1.54, 1.807) is 0 Å². The number of halogens is 2. The molecule has 0 saturated carbocycles. The molecule has 1 fully saturated rings. The first-order chi connectivity index (χ1) is 12.6. The van der Waals surface area contributed by atoms with Crippen molar-refractivity contribution >= 4 is 40.4 Å². The number of hydrogen-bond acceptors (Lipinski definition) is 4. The minimum absolute atomic E-state index is 0.303. The molecule has 1 aromatic heterocycles. The molecule has 1 aliphatic heterocycles. The van der Waals surface area contributed by atoms with Crippen LogP contribution < -0.4 is 4.84 Å². The molecule has 2 aromatic rings. The SMILES string of the molecule is Cn1cc(C[C@@H](NCl)C(=O)OCCC2CCN(Cl)CC2)c2ccccc21. The van der Waals surface area contributed by atoms with Crippen LogP contribution in [0.5, 0.6) is 0 Å². The van der Waals surface area contributed by atoms with Gasteiger partial charge in [0, 0.05) is 43.7 Å². The standard InChI is InChI=1S/C19H25Cl2N3O2/c1-23-13-15(16-4-2-3-5-18(16)23)12-17(22-20)19(25)26-11-8-14-6-9-24(21)10-7-14/h2-5,13-14,17,22H,6-12H2,1H3/t17-/m1/s1. The van der Waals surface area contributed by atoms with Crippen molar-refractivity contribution in [2.75, 3.05) is 19.7 Å². The highest BCUT2D eigenvalue weighted by Crippen LogP contribution is 2.23. The zero-order valence-corrected chi connectivity index (χ0v) is 16.5. The number of aromatic nitrogens is 1. The first kappa shape index (κ1) is 19.5. The normalized spacial score (nSPS) is 17.5. The van der Waals surface area contributed by atoms with Gasteiger partial charge in [-0.2, -0.15) is 0 Å². The Kier molecular flexibility index (Phi) is 6.81. The molecule has 2 heterocycles. The quantitative estimate of drug-likeness (QED) is 0.572. The third kappa shape index (κ3) is 4.71. The van der Waals surface area contributed by atoms with Crippen LogP contribution in [-0.2, 0) is 23.0 Å². The first-order valence-corrected chi connectivity index (χ1v) is 9.76. The van der Waals surface area contributed by atoms with Gasteiger partial charge in [-0.3, -0.25) is 4.79 Å². The second kappa shape index (κ2) is 9.09. The van der Waals surface area contributed by atoms with Crippen LogP contribution in [-0.4, -0.2) is 40.7 Å². The van der Waals surface area contributed by atoms with E-state index in [4.69, 9.17) is 28.3 Å². The summed E-state index contributed by atoms with van der Waals surface area (Å²) < 4.78 is 9.36. The minimum Gasteiger partial charge on any atom is -0.464 e. The maximum Gasteiger partial charge on any atom is 0.324 e. The minimum atomic E-state index is -0.563. The van der Waals surface area contributed by atoms with Gasteiger partial charge >= 0.3 is 5.97 Å². The van der Waals surface area contributed by atoms with Crippen molar-refractivity contribution < 1.29 is 9.53 Å². The molecule has 0 radical (unpaired) electrons. The summed E-state index contributed by atoms with van der Waals surface area (Å²) in [6, 6.07) is 7.56. The Hall–Kier alpha value is -1.27. The number of benzene rings is 1. The van der Waals surface area contributed by atoms with Crippen LogP contribution in [0, 0.1) is 5.92 Å². The van der Waals surface area contributed by atoms with E-state index in [-0.39, 0.29) is 5.97 Å². The van der Waals surface area contributed by atoms with Crippen molar-refractivity contribution in [3.63, 3.8) is 0 Å². The lowest BCUT2D eigenvalue weighted by atomic mass is 9.95. The van der Waals surface area contributed by atoms with E-state index in [1.807, 2.05) is 29.8 Å². The summed E-state index contributed by atoms with van der Waals surface area (Å²) >= 11 is 11.8. The Morgan fingerprint density at radius 2 is 2.08 bits per heavy atom. The molecule has 3 rings (SSSR count). The average molecular weight is 398 g/mol. The van der Waals surface area contributed by atoms with E-state index >= 15 is 0 Å². The van der Waals surface area contributed by atoms with Gasteiger partial charge in [0.25, 0.3) is 0 Å². The van der Waals surface area contributed by atoms with E-state index in [0.717, 1.165) is 48.8 Å². The Labute approximate surface area is 164 Å². The summed E-state index contributed by atoms with van der Waals surface area (Å²) in [5.41, 5.74) is 2.21. The highest BCUT2D eigenvalue weighted by atomic mass is 35.5. The topological polar surface area (TPSA) is 46.5 Å². The molecule has 0 spiro atoms. The number of piperidine rings is 1. The third-order valence-electron chi connectivity index (χ3n) is 5.15. The van der Waals surface area contributed by atoms with E-state index in [9.17, 15) is 4.79 Å². The molecule has 0 amide bonds. The van der Waals surface area contributed by atoms with Gasteiger partial charge in [0.2, 0.25) is 0 Å². The van der Waals surface area contributed by atoms with Crippen molar-refractivity contribution in [2.45, 2.75) is 31.7 Å². The molecular formula is C19H25Cl2N3O2. The fraction of sp³-hybridized carbons (Fsp3) is 0.526. The van der Waals surface area contributed by atoms with E-state index in [0.29, 0.717) is 18.9 Å². The van der Waals surface area contributed by atoms with Crippen molar-refractivity contribution in [3.8, 4) is 0 Å². The molecule has 0 unspecified atom stereocenters. The number of nitrogens with one attached hydrogen (secondary N) is 1. The van der Waals surface area contributed by atoms with Crippen LogP contribution in [0.4, 0.5) is 0 Å². The lowest BCUT2D eigenvalue weighted by molar-refractivity contribution is -0.146. The number of fused-ring (bicyclic) bond motifs is 1. The van der Waals surface area contributed by atoms with Gasteiger partial charge in [0.05, 0.1) is 6.61 Å². The van der Waals surface area contributed by atoms with Gasteiger partial charge in [-0.05, 0) is 60.4 Å². The number of carbonyl (C=O) groups excluding carboxylic acids is 1. The highest BCUT2D eigenvalue weighted by molar-refractivity contribution is 6.15. The Morgan fingerprint density at radius 1 is 1.35 bits per heavy atom. The maximum atomic E-state index is 12.4. The third-order valence-corrected chi connectivity index (χ3v) is 5.75. The van der Waals surface area contributed by atoms with Gasteiger partial charge < -0.3 is 9.30 Å². The molecule has 1 saturated heterocycles. The van der Waals surface area contributed by atoms with Gasteiger partial charge in [0.15, 0.2) is 0 Å². The number of hydrogen-bond donors (Lipinski definition) is 1. The molecule has 142 valence electrons. The Balaban J connectivity index is 1.53. The fourth-order valence-corrected chi connectivity index (χ4v) is 3.95. The van der Waals surface area contributed by atoms with E-state index in [1.165, 1.54) is 0 Å². The molecule has 0 bridgehead atoms. The highest BCUT2D eigenvalue weighted by Gasteiger charge is 2.23. The van der Waals surface area contributed by atoms with Gasteiger partial charge in [-0.1, -0.05) is 18.2 Å². The van der Waals surface area contributed by atoms with Gasteiger partial charge in [-0.15, -0.1) is 0 Å². The summed E-state index contributed by atoms with van der Waals surface area (Å²) in [6.45, 7) is 2.22. The lowest BCUT2D eigenvalue weighted by Crippen LogP contribution is -2.35. The zero-order chi connectivity index (χ0) is 18.5. The number of aryl methyl sites for hydroxylation is 1. The second-order valence-corrected chi connectivity index (χ2v) is 7.65. The second-order valence-electron chi connectivity index (χ2n) is 6.96. The van der Waals surface area contributed by atoms with Crippen molar-refractivity contribution in [1.29, 1.82) is 0 Å². The number of rotatable bonds is 7. The summed E-state index contributed by atoms with van der Waals surface area (Å²) in [7, 11) is 2.00. The molecule has 26 heavy (non-hydrogen) atoms. The zero-order valence-electron chi connectivity index (χ0n) is 15.0. The van der Waals surface area contributed by atoms with Crippen LogP contribution in [0.3, 0.4) is 0 Å². The maximum absolute atomic E-state index is 12.4. The fourth-order valence-electron chi connectivity index (χ4n) is 3.59. The number of nitrogens with zero attached hydrogens (tertiary/aromatic N) is 2. The molecular weight excluding hydrogens is 373 g/mol. The number of ether oxygens (including phenoxy) is 1. The van der Waals surface area contributed by atoms with Crippen molar-refractivity contribution in [3.05, 3.63) is 36.0 Å². The summed E-state index contributed by atoms with van der Waals surface area (Å²) in [4.78, 5) is 15.0. The predicted octanol–water partition coefficient (Wildman–Crippen LogP) is 3.63. The summed E-state index contributed by atoms with van der Waals surface area (Å²) in [5, 5.41) is 1.13. The van der Waals surface area contributed by atoms with E-state index < -0.39 is 6.04 Å². The number of esters is 1.